The van der Waals surface area contributed by atoms with E-state index in [-0.39, 0.29) is 48.3 Å². The molecule has 1 aromatic heterocycles. The largest absolute Gasteiger partial charge is 0.496 e. The number of amides is 5. The highest BCUT2D eigenvalue weighted by atomic mass is 32.2. The molecular weight excluding hydrogens is 753 g/mol. The van der Waals surface area contributed by atoms with Gasteiger partial charge in [0, 0.05) is 47.9 Å². The molecule has 2 saturated heterocycles. The van der Waals surface area contributed by atoms with Crippen molar-refractivity contribution in [2.45, 2.75) is 122 Å². The number of carbonyl (C=O) groups is 4. The highest BCUT2D eigenvalue weighted by Gasteiger charge is 2.46. The number of carbonyl (C=O) groups excluding carboxylic acids is 4. The lowest BCUT2D eigenvalue weighted by atomic mass is 9.85. The molecule has 2 aliphatic carbocycles. The van der Waals surface area contributed by atoms with Crippen LogP contribution in [0.3, 0.4) is 0 Å². The zero-order valence-electron chi connectivity index (χ0n) is 33.9. The van der Waals surface area contributed by atoms with E-state index >= 15 is 0 Å². The first-order valence-corrected chi connectivity index (χ1v) is 21.7. The molecule has 0 radical (unpaired) electrons. The van der Waals surface area contributed by atoms with Crippen molar-refractivity contribution in [3.63, 3.8) is 0 Å². The SMILES string of the molecule is COc1ccc2c(O[C@@H]3C[C@@H](C(N)=O)N(C(=O)[C@H](CCCCC/C=C\[C@@H]4C[C@@H]4C(=O)NS(=O)(=O)C4CC4)NC(=O)N4CC(C)(C)C4)C3)cc(OC(C)C)nc2c1C. The van der Waals surface area contributed by atoms with Crippen LogP contribution in [0.1, 0.15) is 91.0 Å². The molecule has 6 rings (SSSR count). The van der Waals surface area contributed by atoms with Crippen LogP contribution in [0.25, 0.3) is 10.9 Å². The van der Waals surface area contributed by atoms with Gasteiger partial charge in [0.15, 0.2) is 0 Å². The van der Waals surface area contributed by atoms with Gasteiger partial charge < -0.3 is 35.1 Å². The average Bonchev–Trinajstić information content (AvgIpc) is 4.06. The standard InChI is InChI=1S/C41H58N6O9S/c1-24(2)55-35-20-34(29-16-17-33(54-6)25(3)36(29)44-35)56-27-19-32(37(42)48)47(21-27)39(50)31(43-40(51)46-22-41(4,5)23-46)13-11-9-7-8-10-12-26-18-30(26)38(49)45-57(52,53)28-14-15-28/h10,12,16-17,20,24,26-28,30-32H,7-9,11,13-15,18-19,21-23H2,1-6H3,(H2,42,48)(H,43,51)(H,45,49)/b12-10-/t26-,27-,30+,31+,32+/m1/s1. The minimum atomic E-state index is -3.54. The number of aryl methyl sites for hydroxylation is 1. The average molecular weight is 811 g/mol. The Morgan fingerprint density at radius 2 is 1.81 bits per heavy atom. The van der Waals surface area contributed by atoms with Crippen molar-refractivity contribution >= 4 is 44.7 Å². The van der Waals surface area contributed by atoms with Gasteiger partial charge in [-0.15, -0.1) is 0 Å². The molecule has 1 aromatic carbocycles. The maximum absolute atomic E-state index is 14.3. The van der Waals surface area contributed by atoms with Gasteiger partial charge in [-0.05, 0) is 77.3 Å². The van der Waals surface area contributed by atoms with Gasteiger partial charge in [-0.3, -0.25) is 19.1 Å². The van der Waals surface area contributed by atoms with Crippen LogP contribution in [0.4, 0.5) is 4.79 Å². The highest BCUT2D eigenvalue weighted by molar-refractivity contribution is 7.90. The quantitative estimate of drug-likeness (QED) is 0.144. The second kappa shape index (κ2) is 17.1. The molecule has 5 atom stereocenters. The summed E-state index contributed by atoms with van der Waals surface area (Å²) in [4.78, 5) is 60.7. The molecule has 16 heteroatoms. The number of hydrogen-bond acceptors (Lipinski definition) is 10. The lowest BCUT2D eigenvalue weighted by Crippen LogP contribution is -2.61. The van der Waals surface area contributed by atoms with E-state index < -0.39 is 45.3 Å². The smallest absolute Gasteiger partial charge is 0.318 e. The first-order chi connectivity index (χ1) is 27.0. The van der Waals surface area contributed by atoms with Crippen molar-refractivity contribution in [2.75, 3.05) is 26.7 Å². The number of allylic oxidation sites excluding steroid dienone is 2. The van der Waals surface area contributed by atoms with Crippen molar-refractivity contribution in [1.82, 2.24) is 24.8 Å². The fraction of sp³-hybridized carbons (Fsp3) is 0.634. The summed E-state index contributed by atoms with van der Waals surface area (Å²) in [6.45, 7) is 11.1. The summed E-state index contributed by atoms with van der Waals surface area (Å²) in [5.74, 6) is -0.204. The molecule has 4 fully saturated rings. The monoisotopic (exact) mass is 810 g/mol. The van der Waals surface area contributed by atoms with Crippen LogP contribution in [0.2, 0.25) is 0 Å². The maximum Gasteiger partial charge on any atom is 0.318 e. The predicted molar refractivity (Wildman–Crippen MR) is 214 cm³/mol. The van der Waals surface area contributed by atoms with E-state index in [1.54, 1.807) is 18.1 Å². The van der Waals surface area contributed by atoms with Gasteiger partial charge in [-0.25, -0.2) is 18.2 Å². The predicted octanol–water partition coefficient (Wildman–Crippen LogP) is 4.34. The van der Waals surface area contributed by atoms with Gasteiger partial charge in [0.25, 0.3) is 0 Å². The normalized spacial score (nSPS) is 23.3. The molecule has 2 aromatic rings. The molecule has 5 amide bonds. The van der Waals surface area contributed by atoms with Crippen LogP contribution in [-0.2, 0) is 24.4 Å². The zero-order chi connectivity index (χ0) is 41.2. The number of fused-ring (bicyclic) bond motifs is 1. The first kappa shape index (κ1) is 42.0. The summed E-state index contributed by atoms with van der Waals surface area (Å²) >= 11 is 0. The van der Waals surface area contributed by atoms with Crippen LogP contribution >= 0.6 is 0 Å². The van der Waals surface area contributed by atoms with E-state index in [0.717, 1.165) is 30.2 Å². The number of aromatic nitrogens is 1. The van der Waals surface area contributed by atoms with E-state index in [0.29, 0.717) is 68.1 Å². The number of ether oxygens (including phenoxy) is 3. The Bertz CT molecular complexity index is 1990. The number of hydrogen-bond donors (Lipinski definition) is 3. The maximum atomic E-state index is 14.3. The van der Waals surface area contributed by atoms with Crippen molar-refractivity contribution in [3.05, 3.63) is 35.9 Å². The number of sulfonamides is 1. The Balaban J connectivity index is 1.08. The third-order valence-corrected chi connectivity index (χ3v) is 13.0. The van der Waals surface area contributed by atoms with Crippen LogP contribution in [-0.4, -0.2) is 103 Å². The molecule has 4 N–H and O–H groups in total. The molecule has 4 aliphatic rings. The van der Waals surface area contributed by atoms with Gasteiger partial charge >= 0.3 is 6.03 Å². The number of likely N-dealkylation sites (tertiary alicyclic amines) is 2. The second-order valence-electron chi connectivity index (χ2n) is 17.1. The Labute approximate surface area is 335 Å². The Hall–Kier alpha value is -4.60. The molecule has 3 heterocycles. The fourth-order valence-electron chi connectivity index (χ4n) is 7.85. The van der Waals surface area contributed by atoms with E-state index in [1.165, 1.54) is 4.90 Å². The summed E-state index contributed by atoms with van der Waals surface area (Å²) in [5.41, 5.74) is 7.35. The Morgan fingerprint density at radius 1 is 1.07 bits per heavy atom. The molecule has 57 heavy (non-hydrogen) atoms. The number of methoxy groups -OCH3 is 1. The summed E-state index contributed by atoms with van der Waals surface area (Å²) in [7, 11) is -1.95. The van der Waals surface area contributed by atoms with Crippen molar-refractivity contribution in [1.29, 1.82) is 0 Å². The Kier molecular flexibility index (Phi) is 12.6. The van der Waals surface area contributed by atoms with Crippen molar-refractivity contribution in [3.8, 4) is 17.4 Å². The number of nitrogens with zero attached hydrogens (tertiary/aromatic N) is 3. The van der Waals surface area contributed by atoms with Crippen LogP contribution in [0, 0.1) is 24.2 Å². The summed E-state index contributed by atoms with van der Waals surface area (Å²) in [5, 5.41) is 3.26. The number of pyridine rings is 1. The zero-order valence-corrected chi connectivity index (χ0v) is 34.7. The summed E-state index contributed by atoms with van der Waals surface area (Å²) < 4.78 is 44.5. The van der Waals surface area contributed by atoms with Gasteiger partial charge in [0.2, 0.25) is 33.6 Å². The topological polar surface area (TPSA) is 200 Å². The molecule has 15 nitrogen and oxygen atoms in total. The number of nitrogens with one attached hydrogen (secondary N) is 2. The molecule has 312 valence electrons. The second-order valence-corrected chi connectivity index (χ2v) is 19.1. The van der Waals surface area contributed by atoms with E-state index in [1.807, 2.05) is 45.1 Å². The number of nitrogens with two attached hydrogens (primary N) is 1. The highest BCUT2D eigenvalue weighted by Crippen LogP contribution is 2.41. The number of rotatable bonds is 18. The molecular formula is C41H58N6O9S. The lowest BCUT2D eigenvalue weighted by molar-refractivity contribution is -0.139. The third-order valence-electron chi connectivity index (χ3n) is 11.1. The minimum Gasteiger partial charge on any atom is -0.496 e. The van der Waals surface area contributed by atoms with Gasteiger partial charge in [0.05, 0.1) is 30.5 Å². The van der Waals surface area contributed by atoms with Crippen LogP contribution in [0.5, 0.6) is 17.4 Å². The van der Waals surface area contributed by atoms with Crippen LogP contribution in [0.15, 0.2) is 30.4 Å². The fourth-order valence-corrected chi connectivity index (χ4v) is 9.20. The summed E-state index contributed by atoms with van der Waals surface area (Å²) in [6, 6.07) is 3.28. The Morgan fingerprint density at radius 3 is 2.46 bits per heavy atom. The van der Waals surface area contributed by atoms with Gasteiger partial charge in [0.1, 0.15) is 29.7 Å². The van der Waals surface area contributed by atoms with Gasteiger partial charge in [-0.2, -0.15) is 0 Å². The molecule has 0 spiro atoms. The van der Waals surface area contributed by atoms with Crippen LogP contribution < -0.4 is 30.0 Å². The van der Waals surface area contributed by atoms with Crippen molar-refractivity contribution < 1.29 is 41.8 Å². The van der Waals surface area contributed by atoms with Crippen molar-refractivity contribution in [2.24, 2.45) is 23.0 Å². The molecule has 2 saturated carbocycles. The number of unbranched alkanes of at least 4 members (excludes halogenated alkanes) is 3. The molecule has 0 unspecified atom stereocenters. The van der Waals surface area contributed by atoms with E-state index in [2.05, 4.69) is 23.9 Å². The van der Waals surface area contributed by atoms with E-state index in [9.17, 15) is 27.6 Å². The van der Waals surface area contributed by atoms with Gasteiger partial charge in [-0.1, -0.05) is 38.8 Å². The van der Waals surface area contributed by atoms with E-state index in [4.69, 9.17) is 24.9 Å². The molecule has 0 bridgehead atoms. The number of urea groups is 1. The molecule has 2 aliphatic heterocycles. The minimum absolute atomic E-state index is 0.000404. The third kappa shape index (κ3) is 10.3. The summed E-state index contributed by atoms with van der Waals surface area (Å²) in [6.07, 6.45) is 8.67. The number of primary amides is 1. The first-order valence-electron chi connectivity index (χ1n) is 20.2. The lowest BCUT2D eigenvalue weighted by Gasteiger charge is -2.46. The number of benzene rings is 1.